The van der Waals surface area contributed by atoms with Gasteiger partial charge >= 0.3 is 0 Å². The van der Waals surface area contributed by atoms with Crippen LogP contribution in [0.2, 0.25) is 0 Å². The molecule has 26 heavy (non-hydrogen) atoms. The molecule has 1 rings (SSSR count). The molecule has 0 aromatic heterocycles. The SMILES string of the molecule is CC(CC(C)(C)S)C1CC(C(C)CC(C)(C)S)CC(C(C)C(C)(C)S)C1. The van der Waals surface area contributed by atoms with Gasteiger partial charge in [0.15, 0.2) is 0 Å². The van der Waals surface area contributed by atoms with Crippen LogP contribution in [-0.2, 0) is 0 Å². The fourth-order valence-corrected chi connectivity index (χ4v) is 6.07. The highest BCUT2D eigenvalue weighted by Crippen LogP contribution is 2.49. The van der Waals surface area contributed by atoms with E-state index in [0.717, 1.165) is 29.6 Å². The van der Waals surface area contributed by atoms with E-state index in [4.69, 9.17) is 37.9 Å². The first-order valence-corrected chi connectivity index (χ1v) is 12.0. The van der Waals surface area contributed by atoms with E-state index in [9.17, 15) is 0 Å². The van der Waals surface area contributed by atoms with Crippen molar-refractivity contribution in [2.45, 2.75) is 109 Å². The zero-order chi connectivity index (χ0) is 20.5. The Labute approximate surface area is 181 Å². The summed E-state index contributed by atoms with van der Waals surface area (Å²) in [5.41, 5.74) is 0. The Hall–Kier alpha value is 1.05. The highest BCUT2D eigenvalue weighted by atomic mass is 32.1. The summed E-state index contributed by atoms with van der Waals surface area (Å²) in [4.78, 5) is 0. The number of thiol groups is 3. The van der Waals surface area contributed by atoms with Crippen molar-refractivity contribution in [1.82, 2.24) is 0 Å². The largest absolute Gasteiger partial charge is 0.173 e. The molecule has 1 saturated carbocycles. The Kier molecular flexibility index (Phi) is 8.92. The number of hydrogen-bond acceptors (Lipinski definition) is 3. The van der Waals surface area contributed by atoms with E-state index in [-0.39, 0.29) is 14.2 Å². The van der Waals surface area contributed by atoms with Crippen LogP contribution in [0.25, 0.3) is 0 Å². The molecule has 0 spiro atoms. The lowest BCUT2D eigenvalue weighted by atomic mass is 9.62. The van der Waals surface area contributed by atoms with Crippen LogP contribution in [0.15, 0.2) is 0 Å². The van der Waals surface area contributed by atoms with Crippen LogP contribution in [0, 0.1) is 35.5 Å². The van der Waals surface area contributed by atoms with Crippen LogP contribution >= 0.6 is 37.9 Å². The molecule has 1 fully saturated rings. The minimum Gasteiger partial charge on any atom is -0.173 e. The van der Waals surface area contributed by atoms with Crippen molar-refractivity contribution >= 4 is 37.9 Å². The third-order valence-corrected chi connectivity index (χ3v) is 7.66. The summed E-state index contributed by atoms with van der Waals surface area (Å²) >= 11 is 14.6. The van der Waals surface area contributed by atoms with Crippen LogP contribution in [0.1, 0.15) is 94.4 Å². The van der Waals surface area contributed by atoms with E-state index in [1.807, 2.05) is 0 Å². The van der Waals surface area contributed by atoms with Crippen molar-refractivity contribution in [2.24, 2.45) is 35.5 Å². The van der Waals surface area contributed by atoms with Crippen molar-refractivity contribution in [3.05, 3.63) is 0 Å². The molecule has 156 valence electrons. The highest BCUT2D eigenvalue weighted by molar-refractivity contribution is 7.82. The zero-order valence-electron chi connectivity index (χ0n) is 18.8. The van der Waals surface area contributed by atoms with Crippen molar-refractivity contribution in [1.29, 1.82) is 0 Å². The third-order valence-electron chi connectivity index (χ3n) is 6.89. The van der Waals surface area contributed by atoms with Gasteiger partial charge in [-0.2, -0.15) is 37.9 Å². The quantitative estimate of drug-likeness (QED) is 0.329. The van der Waals surface area contributed by atoms with Gasteiger partial charge in [0, 0.05) is 14.2 Å². The van der Waals surface area contributed by atoms with Gasteiger partial charge in [0.2, 0.25) is 0 Å². The molecule has 0 N–H and O–H groups in total. The lowest BCUT2D eigenvalue weighted by Gasteiger charge is -2.46. The summed E-state index contributed by atoms with van der Waals surface area (Å²) in [6.45, 7) is 21.0. The van der Waals surface area contributed by atoms with Crippen molar-refractivity contribution in [3.63, 3.8) is 0 Å². The molecule has 0 heterocycles. The van der Waals surface area contributed by atoms with Gasteiger partial charge in [0.05, 0.1) is 0 Å². The minimum atomic E-state index is 0.0925. The first kappa shape index (κ1) is 25.1. The highest BCUT2D eigenvalue weighted by Gasteiger charge is 2.40. The summed E-state index contributed by atoms with van der Waals surface area (Å²) in [6.07, 6.45) is 6.51. The van der Waals surface area contributed by atoms with E-state index in [0.29, 0.717) is 5.92 Å². The summed E-state index contributed by atoms with van der Waals surface area (Å²) in [5, 5.41) is 0. The van der Waals surface area contributed by atoms with E-state index in [1.165, 1.54) is 32.1 Å². The smallest absolute Gasteiger partial charge is 0.0101 e. The normalized spacial score (nSPS) is 29.3. The average Bonchev–Trinajstić information content (AvgIpc) is 2.41. The van der Waals surface area contributed by atoms with Crippen LogP contribution in [0.3, 0.4) is 0 Å². The first-order valence-electron chi connectivity index (χ1n) is 10.7. The van der Waals surface area contributed by atoms with Crippen LogP contribution < -0.4 is 0 Å². The monoisotopic (exact) mass is 418 g/mol. The average molecular weight is 419 g/mol. The first-order chi connectivity index (χ1) is 11.5. The second kappa shape index (κ2) is 9.24. The second-order valence-corrected chi connectivity index (χ2v) is 15.0. The molecule has 5 unspecified atom stereocenters. The van der Waals surface area contributed by atoms with Crippen LogP contribution in [0.5, 0.6) is 0 Å². The zero-order valence-corrected chi connectivity index (χ0v) is 21.5. The van der Waals surface area contributed by atoms with Crippen molar-refractivity contribution in [3.8, 4) is 0 Å². The maximum absolute atomic E-state index is 4.94. The topological polar surface area (TPSA) is 0 Å². The Morgan fingerprint density at radius 1 is 0.654 bits per heavy atom. The fourth-order valence-electron chi connectivity index (χ4n) is 5.28. The molecule has 0 nitrogen and oxygen atoms in total. The number of rotatable bonds is 8. The molecule has 1 aliphatic carbocycles. The summed E-state index contributed by atoms with van der Waals surface area (Å²) in [7, 11) is 0. The maximum Gasteiger partial charge on any atom is 0.0101 e. The molecule has 0 aromatic carbocycles. The van der Waals surface area contributed by atoms with Gasteiger partial charge in [0.25, 0.3) is 0 Å². The Morgan fingerprint density at radius 3 is 1.23 bits per heavy atom. The standard InChI is InChI=1S/C23H46S3/c1-15(13-21(4,5)24)18-10-19(16(2)14-22(6,7)25)12-20(11-18)17(3)23(8,9)26/h15-20,24-26H,10-14H2,1-9H3. The molecule has 3 heteroatoms. The van der Waals surface area contributed by atoms with Crippen LogP contribution in [-0.4, -0.2) is 14.2 Å². The van der Waals surface area contributed by atoms with Gasteiger partial charge in [-0.1, -0.05) is 62.3 Å². The Morgan fingerprint density at radius 2 is 0.962 bits per heavy atom. The van der Waals surface area contributed by atoms with E-state index >= 15 is 0 Å². The van der Waals surface area contributed by atoms with Crippen molar-refractivity contribution in [2.75, 3.05) is 0 Å². The molecule has 0 aromatic rings. The molecule has 0 saturated heterocycles. The number of hydrogen-bond donors (Lipinski definition) is 3. The van der Waals surface area contributed by atoms with Crippen molar-refractivity contribution < 1.29 is 0 Å². The summed E-state index contributed by atoms with van der Waals surface area (Å²) < 4.78 is 0.333. The minimum absolute atomic E-state index is 0.0925. The van der Waals surface area contributed by atoms with Gasteiger partial charge in [-0.3, -0.25) is 0 Å². The van der Waals surface area contributed by atoms with E-state index in [2.05, 4.69) is 62.3 Å². The molecule has 5 atom stereocenters. The maximum atomic E-state index is 4.94. The van der Waals surface area contributed by atoms with E-state index in [1.54, 1.807) is 0 Å². The van der Waals surface area contributed by atoms with Crippen LogP contribution in [0.4, 0.5) is 0 Å². The van der Waals surface area contributed by atoms with Gasteiger partial charge in [0.1, 0.15) is 0 Å². The Bertz CT molecular complexity index is 394. The fraction of sp³-hybridized carbons (Fsp3) is 1.00. The van der Waals surface area contributed by atoms with Gasteiger partial charge in [-0.25, -0.2) is 0 Å². The summed E-state index contributed by atoms with van der Waals surface area (Å²) in [6, 6.07) is 0. The predicted octanol–water partition coefficient (Wildman–Crippen LogP) is 7.83. The van der Waals surface area contributed by atoms with Gasteiger partial charge in [-0.05, 0) is 67.6 Å². The van der Waals surface area contributed by atoms with Gasteiger partial charge < -0.3 is 0 Å². The predicted molar refractivity (Wildman–Crippen MR) is 130 cm³/mol. The molecule has 0 radical (unpaired) electrons. The second-order valence-electron chi connectivity index (χ2n) is 11.4. The lowest BCUT2D eigenvalue weighted by Crippen LogP contribution is -2.39. The molecular formula is C23H46S3. The van der Waals surface area contributed by atoms with E-state index < -0.39 is 0 Å². The molecule has 1 aliphatic rings. The molecule has 0 amide bonds. The molecule has 0 bridgehead atoms. The molecule has 0 aliphatic heterocycles. The third kappa shape index (κ3) is 8.60. The lowest BCUT2D eigenvalue weighted by molar-refractivity contribution is 0.0723. The Balaban J connectivity index is 2.97. The summed E-state index contributed by atoms with van der Waals surface area (Å²) in [5.74, 6) is 4.52. The molecular weight excluding hydrogens is 372 g/mol. The van der Waals surface area contributed by atoms with Gasteiger partial charge in [-0.15, -0.1) is 0 Å².